The Hall–Kier alpha value is 0.0700. The van der Waals surface area contributed by atoms with Crippen molar-refractivity contribution in [2.75, 3.05) is 31.1 Å². The van der Waals surface area contributed by atoms with Crippen molar-refractivity contribution >= 4 is 35.0 Å². The molecule has 1 unspecified atom stereocenters. The highest BCUT2D eigenvalue weighted by molar-refractivity contribution is 7.99. The van der Waals surface area contributed by atoms with Gasteiger partial charge >= 0.3 is 0 Å². The summed E-state index contributed by atoms with van der Waals surface area (Å²) >= 11 is 14.3. The van der Waals surface area contributed by atoms with Crippen LogP contribution in [0.2, 0.25) is 10.0 Å². The Morgan fingerprint density at radius 2 is 1.80 bits per heavy atom. The first-order chi connectivity index (χ1) is 9.75. The van der Waals surface area contributed by atoms with Gasteiger partial charge in [0.05, 0.1) is 16.1 Å². The van der Waals surface area contributed by atoms with Crippen molar-refractivity contribution in [2.24, 2.45) is 0 Å². The number of halogens is 2. The number of nitrogens with zero attached hydrogens (tertiary/aromatic N) is 2. The zero-order valence-electron chi connectivity index (χ0n) is 11.5. The van der Waals surface area contributed by atoms with Crippen molar-refractivity contribution < 1.29 is 0 Å². The number of piperidine rings is 1. The predicted octanol–water partition coefficient (Wildman–Crippen LogP) is 4.48. The molecule has 5 heteroatoms. The van der Waals surface area contributed by atoms with Gasteiger partial charge in [0.2, 0.25) is 0 Å². The van der Waals surface area contributed by atoms with E-state index < -0.39 is 0 Å². The standard InChI is InChI=1S/C15H20Cl2N2S/c16-13-5-4-12(10-14(13)17)15-11-20-9-8-19(15)18-6-2-1-3-7-18/h4-5,10,15H,1-3,6-9,11H2. The molecule has 0 radical (unpaired) electrons. The van der Waals surface area contributed by atoms with E-state index in [-0.39, 0.29) is 0 Å². The fraction of sp³-hybridized carbons (Fsp3) is 0.600. The summed E-state index contributed by atoms with van der Waals surface area (Å²) in [5.74, 6) is 2.35. The Morgan fingerprint density at radius 3 is 2.55 bits per heavy atom. The smallest absolute Gasteiger partial charge is 0.0595 e. The van der Waals surface area contributed by atoms with Gasteiger partial charge in [-0.2, -0.15) is 11.8 Å². The van der Waals surface area contributed by atoms with Crippen LogP contribution < -0.4 is 0 Å². The van der Waals surface area contributed by atoms with Crippen molar-refractivity contribution in [1.29, 1.82) is 0 Å². The molecule has 1 atom stereocenters. The largest absolute Gasteiger partial charge is 0.241 e. The third-order valence-electron chi connectivity index (χ3n) is 4.12. The van der Waals surface area contributed by atoms with E-state index in [9.17, 15) is 0 Å². The normalized spacial score (nSPS) is 25.8. The van der Waals surface area contributed by atoms with Crippen molar-refractivity contribution in [2.45, 2.75) is 25.3 Å². The quantitative estimate of drug-likeness (QED) is 0.789. The van der Waals surface area contributed by atoms with Crippen LogP contribution in [0.1, 0.15) is 30.9 Å². The molecule has 110 valence electrons. The first-order valence-corrected chi connectivity index (χ1v) is 9.21. The molecule has 0 spiro atoms. The van der Waals surface area contributed by atoms with Crippen LogP contribution in [-0.4, -0.2) is 41.2 Å². The van der Waals surface area contributed by atoms with E-state index in [1.165, 1.54) is 43.7 Å². The molecule has 0 bridgehead atoms. The summed E-state index contributed by atoms with van der Waals surface area (Å²) in [4.78, 5) is 0. The van der Waals surface area contributed by atoms with Crippen molar-refractivity contribution in [3.05, 3.63) is 33.8 Å². The summed E-state index contributed by atoms with van der Waals surface area (Å²) in [5, 5.41) is 6.42. The second kappa shape index (κ2) is 6.89. The summed E-state index contributed by atoms with van der Waals surface area (Å²) in [6.45, 7) is 3.53. The van der Waals surface area contributed by atoms with E-state index >= 15 is 0 Å². The zero-order chi connectivity index (χ0) is 13.9. The summed E-state index contributed by atoms with van der Waals surface area (Å²) in [7, 11) is 0. The second-order valence-electron chi connectivity index (χ2n) is 5.44. The molecule has 0 aromatic heterocycles. The summed E-state index contributed by atoms with van der Waals surface area (Å²) in [6.07, 6.45) is 4.01. The molecule has 2 saturated heterocycles. The minimum absolute atomic E-state index is 0.432. The lowest BCUT2D eigenvalue weighted by atomic mass is 10.1. The van der Waals surface area contributed by atoms with Crippen molar-refractivity contribution in [3.8, 4) is 0 Å². The fourth-order valence-corrected chi connectivity index (χ4v) is 4.43. The Bertz CT molecular complexity index is 463. The van der Waals surface area contributed by atoms with Crippen molar-refractivity contribution in [1.82, 2.24) is 10.0 Å². The lowest BCUT2D eigenvalue weighted by molar-refractivity contribution is -0.0655. The molecule has 0 N–H and O–H groups in total. The first kappa shape index (κ1) is 15.0. The maximum absolute atomic E-state index is 6.20. The minimum Gasteiger partial charge on any atom is -0.241 e. The van der Waals surface area contributed by atoms with Gasteiger partial charge in [0.15, 0.2) is 0 Å². The molecule has 20 heavy (non-hydrogen) atoms. The predicted molar refractivity (Wildman–Crippen MR) is 88.7 cm³/mol. The molecule has 3 rings (SSSR count). The van der Waals surface area contributed by atoms with Gasteiger partial charge in [0, 0.05) is 31.1 Å². The SMILES string of the molecule is Clc1ccc(C2CSCCN2N2CCCCC2)cc1Cl. The highest BCUT2D eigenvalue weighted by Crippen LogP contribution is 2.34. The molecule has 0 aliphatic carbocycles. The molecule has 2 fully saturated rings. The van der Waals surface area contributed by atoms with E-state index in [4.69, 9.17) is 23.2 Å². The molecule has 2 heterocycles. The van der Waals surface area contributed by atoms with Gasteiger partial charge in [-0.05, 0) is 30.5 Å². The van der Waals surface area contributed by atoms with Gasteiger partial charge in [0.25, 0.3) is 0 Å². The number of thioether (sulfide) groups is 1. The lowest BCUT2D eigenvalue weighted by Gasteiger charge is -2.44. The second-order valence-corrected chi connectivity index (χ2v) is 7.41. The number of benzene rings is 1. The van der Waals surface area contributed by atoms with Crippen LogP contribution >= 0.6 is 35.0 Å². The van der Waals surface area contributed by atoms with Gasteiger partial charge < -0.3 is 0 Å². The molecular weight excluding hydrogens is 311 g/mol. The molecular formula is C15H20Cl2N2S. The average Bonchev–Trinajstić information content (AvgIpc) is 2.51. The monoisotopic (exact) mass is 330 g/mol. The van der Waals surface area contributed by atoms with Crippen LogP contribution in [0, 0.1) is 0 Å². The Labute approximate surface area is 135 Å². The highest BCUT2D eigenvalue weighted by Gasteiger charge is 2.29. The maximum Gasteiger partial charge on any atom is 0.0595 e. The van der Waals surface area contributed by atoms with Gasteiger partial charge in [-0.25, -0.2) is 10.0 Å². The van der Waals surface area contributed by atoms with Crippen molar-refractivity contribution in [3.63, 3.8) is 0 Å². The van der Waals surface area contributed by atoms with E-state index in [0.29, 0.717) is 16.1 Å². The van der Waals surface area contributed by atoms with E-state index in [2.05, 4.69) is 16.1 Å². The molecule has 0 saturated carbocycles. The Balaban J connectivity index is 1.82. The number of hydrazine groups is 1. The molecule has 2 aliphatic rings. The molecule has 2 nitrogen and oxygen atoms in total. The Morgan fingerprint density at radius 1 is 1.00 bits per heavy atom. The number of rotatable bonds is 2. The van der Waals surface area contributed by atoms with Gasteiger partial charge in [0.1, 0.15) is 0 Å². The lowest BCUT2D eigenvalue weighted by Crippen LogP contribution is -2.50. The van der Waals surface area contributed by atoms with Gasteiger partial charge in [-0.1, -0.05) is 35.7 Å². The maximum atomic E-state index is 6.20. The van der Waals surface area contributed by atoms with E-state index in [0.717, 1.165) is 12.3 Å². The average molecular weight is 331 g/mol. The highest BCUT2D eigenvalue weighted by atomic mass is 35.5. The van der Waals surface area contributed by atoms with Crippen LogP contribution in [0.3, 0.4) is 0 Å². The van der Waals surface area contributed by atoms with Crippen LogP contribution in [0.4, 0.5) is 0 Å². The van der Waals surface area contributed by atoms with Crippen LogP contribution in [0.15, 0.2) is 18.2 Å². The number of hydrogen-bond acceptors (Lipinski definition) is 3. The Kier molecular flexibility index (Phi) is 5.16. The third kappa shape index (κ3) is 3.28. The third-order valence-corrected chi connectivity index (χ3v) is 5.89. The molecule has 1 aromatic rings. The van der Waals surface area contributed by atoms with Crippen LogP contribution in [-0.2, 0) is 0 Å². The minimum atomic E-state index is 0.432. The van der Waals surface area contributed by atoms with E-state index in [1.54, 1.807) is 0 Å². The fourth-order valence-electron chi connectivity index (χ4n) is 3.06. The van der Waals surface area contributed by atoms with Gasteiger partial charge in [-0.15, -0.1) is 0 Å². The zero-order valence-corrected chi connectivity index (χ0v) is 13.9. The first-order valence-electron chi connectivity index (χ1n) is 7.30. The van der Waals surface area contributed by atoms with Crippen LogP contribution in [0.5, 0.6) is 0 Å². The summed E-state index contributed by atoms with van der Waals surface area (Å²) in [5.41, 5.74) is 1.29. The van der Waals surface area contributed by atoms with Crippen LogP contribution in [0.25, 0.3) is 0 Å². The summed E-state index contributed by atoms with van der Waals surface area (Å²) in [6, 6.07) is 6.52. The van der Waals surface area contributed by atoms with E-state index in [1.807, 2.05) is 23.9 Å². The van der Waals surface area contributed by atoms with Gasteiger partial charge in [-0.3, -0.25) is 0 Å². The number of hydrogen-bond donors (Lipinski definition) is 0. The molecule has 0 amide bonds. The topological polar surface area (TPSA) is 6.48 Å². The summed E-state index contributed by atoms with van der Waals surface area (Å²) < 4.78 is 0. The molecule has 2 aliphatic heterocycles. The molecule has 1 aromatic carbocycles.